The molecular formula is C12H12BrNO2S. The fourth-order valence-corrected chi connectivity index (χ4v) is 3.04. The minimum Gasteiger partial charge on any atom is -0.497 e. The molecule has 5 heteroatoms. The van der Waals surface area contributed by atoms with Crippen LogP contribution in [0.25, 0.3) is 10.6 Å². The molecule has 0 aliphatic rings. The summed E-state index contributed by atoms with van der Waals surface area (Å²) in [7, 11) is 1.65. The first-order chi connectivity index (χ1) is 8.24. The third kappa shape index (κ3) is 2.86. The molecule has 0 fully saturated rings. The number of rotatable bonds is 4. The van der Waals surface area contributed by atoms with Gasteiger partial charge < -0.3 is 9.84 Å². The van der Waals surface area contributed by atoms with E-state index in [1.54, 1.807) is 18.4 Å². The summed E-state index contributed by atoms with van der Waals surface area (Å²) in [6, 6.07) is 7.78. The van der Waals surface area contributed by atoms with E-state index < -0.39 is 0 Å². The van der Waals surface area contributed by atoms with Crippen molar-refractivity contribution in [3.05, 3.63) is 33.7 Å². The number of nitrogens with zero attached hydrogens (tertiary/aromatic N) is 1. The van der Waals surface area contributed by atoms with Crippen molar-refractivity contribution in [3.8, 4) is 16.3 Å². The predicted octanol–water partition coefficient (Wildman–Crippen LogP) is 3.12. The third-order valence-corrected chi connectivity index (χ3v) is 4.21. The largest absolute Gasteiger partial charge is 0.497 e. The molecule has 3 nitrogen and oxygen atoms in total. The van der Waals surface area contributed by atoms with E-state index in [2.05, 4.69) is 20.9 Å². The van der Waals surface area contributed by atoms with Gasteiger partial charge in [-0.1, -0.05) is 0 Å². The molecule has 2 aromatic rings. The van der Waals surface area contributed by atoms with Gasteiger partial charge in [0.15, 0.2) is 0 Å². The van der Waals surface area contributed by atoms with Crippen LogP contribution in [0.2, 0.25) is 0 Å². The van der Waals surface area contributed by atoms with Crippen molar-refractivity contribution >= 4 is 27.3 Å². The van der Waals surface area contributed by atoms with E-state index in [1.165, 1.54) is 0 Å². The number of halogens is 1. The maximum absolute atomic E-state index is 8.92. The first-order valence-corrected chi connectivity index (χ1v) is 6.76. The summed E-state index contributed by atoms with van der Waals surface area (Å²) in [4.78, 5) is 4.50. The second kappa shape index (κ2) is 5.62. The van der Waals surface area contributed by atoms with E-state index in [0.717, 1.165) is 25.8 Å². The number of thiazole rings is 1. The maximum Gasteiger partial charge on any atom is 0.124 e. The van der Waals surface area contributed by atoms with E-state index in [-0.39, 0.29) is 6.61 Å². The Kier molecular flexibility index (Phi) is 4.15. The van der Waals surface area contributed by atoms with Crippen LogP contribution in [0.4, 0.5) is 0 Å². The number of methoxy groups -OCH3 is 1. The highest BCUT2D eigenvalue weighted by Gasteiger charge is 2.10. The number of benzene rings is 1. The van der Waals surface area contributed by atoms with Gasteiger partial charge >= 0.3 is 0 Å². The molecule has 0 saturated carbocycles. The molecule has 1 aromatic heterocycles. The van der Waals surface area contributed by atoms with Gasteiger partial charge in [-0.15, -0.1) is 11.3 Å². The Bertz CT molecular complexity index is 496. The van der Waals surface area contributed by atoms with Gasteiger partial charge in [0.25, 0.3) is 0 Å². The van der Waals surface area contributed by atoms with Gasteiger partial charge in [0.1, 0.15) is 10.8 Å². The van der Waals surface area contributed by atoms with Gasteiger partial charge in [0.2, 0.25) is 0 Å². The van der Waals surface area contributed by atoms with Crippen molar-refractivity contribution in [1.29, 1.82) is 0 Å². The van der Waals surface area contributed by atoms with Crippen molar-refractivity contribution in [3.63, 3.8) is 0 Å². The Hall–Kier alpha value is -0.910. The monoisotopic (exact) mass is 313 g/mol. The van der Waals surface area contributed by atoms with Gasteiger partial charge in [-0.2, -0.15) is 0 Å². The lowest BCUT2D eigenvalue weighted by Crippen LogP contribution is -1.91. The first kappa shape index (κ1) is 12.5. The highest BCUT2D eigenvalue weighted by molar-refractivity contribution is 9.11. The van der Waals surface area contributed by atoms with E-state index in [4.69, 9.17) is 9.84 Å². The summed E-state index contributed by atoms with van der Waals surface area (Å²) in [6.07, 6.45) is 0.577. The molecule has 0 unspecified atom stereocenters. The molecule has 0 bridgehead atoms. The minimum atomic E-state index is 0.115. The van der Waals surface area contributed by atoms with E-state index in [0.29, 0.717) is 6.42 Å². The Morgan fingerprint density at radius 1 is 1.35 bits per heavy atom. The van der Waals surface area contributed by atoms with Crippen molar-refractivity contribution in [2.24, 2.45) is 0 Å². The molecule has 0 amide bonds. The Labute approximate surface area is 112 Å². The van der Waals surface area contributed by atoms with Crippen LogP contribution in [-0.2, 0) is 6.42 Å². The smallest absolute Gasteiger partial charge is 0.124 e. The highest BCUT2D eigenvalue weighted by Crippen LogP contribution is 2.32. The summed E-state index contributed by atoms with van der Waals surface area (Å²) in [5.74, 6) is 0.833. The molecule has 0 atom stereocenters. The van der Waals surface area contributed by atoms with Crippen LogP contribution in [0, 0.1) is 0 Å². The minimum absolute atomic E-state index is 0.115. The normalized spacial score (nSPS) is 10.5. The zero-order valence-electron chi connectivity index (χ0n) is 9.31. The lowest BCUT2D eigenvalue weighted by molar-refractivity contribution is 0.298. The zero-order valence-corrected chi connectivity index (χ0v) is 11.7. The predicted molar refractivity (Wildman–Crippen MR) is 72.6 cm³/mol. The fraction of sp³-hybridized carbons (Fsp3) is 0.250. The average Bonchev–Trinajstić information content (AvgIpc) is 2.72. The summed E-state index contributed by atoms with van der Waals surface area (Å²) in [5, 5.41) is 9.87. The van der Waals surface area contributed by atoms with Gasteiger partial charge in [-0.3, -0.25) is 0 Å². The van der Waals surface area contributed by atoms with Gasteiger partial charge in [-0.25, -0.2) is 4.98 Å². The van der Waals surface area contributed by atoms with Gasteiger partial charge in [-0.05, 0) is 40.2 Å². The summed E-state index contributed by atoms with van der Waals surface area (Å²) < 4.78 is 6.10. The number of aliphatic hydroxyl groups excluding tert-OH is 1. The van der Waals surface area contributed by atoms with E-state index >= 15 is 0 Å². The van der Waals surface area contributed by atoms with Gasteiger partial charge in [0.05, 0.1) is 16.6 Å². The van der Waals surface area contributed by atoms with Crippen molar-refractivity contribution < 1.29 is 9.84 Å². The van der Waals surface area contributed by atoms with E-state index in [1.807, 2.05) is 24.3 Å². The molecule has 1 aromatic carbocycles. The van der Waals surface area contributed by atoms with E-state index in [9.17, 15) is 0 Å². The molecule has 17 heavy (non-hydrogen) atoms. The average molecular weight is 314 g/mol. The number of aliphatic hydroxyl groups is 1. The SMILES string of the molecule is COc1ccc(-c2nc(CCO)c(Br)s2)cc1. The van der Waals surface area contributed by atoms with Crippen LogP contribution < -0.4 is 4.74 Å². The molecule has 0 aliphatic carbocycles. The van der Waals surface area contributed by atoms with Crippen molar-refractivity contribution in [2.45, 2.75) is 6.42 Å². The molecule has 1 N–H and O–H groups in total. The molecule has 0 spiro atoms. The van der Waals surface area contributed by atoms with Crippen LogP contribution in [0.5, 0.6) is 5.75 Å². The van der Waals surface area contributed by atoms with Crippen LogP contribution in [-0.4, -0.2) is 23.8 Å². The quantitative estimate of drug-likeness (QED) is 0.943. The lowest BCUT2D eigenvalue weighted by atomic mass is 10.2. The zero-order chi connectivity index (χ0) is 12.3. The lowest BCUT2D eigenvalue weighted by Gasteiger charge is -2.00. The Balaban J connectivity index is 2.29. The Morgan fingerprint density at radius 3 is 2.65 bits per heavy atom. The molecule has 0 aliphatic heterocycles. The standard InChI is InChI=1S/C12H12BrNO2S/c1-16-9-4-2-8(3-5-9)12-14-10(6-7-15)11(13)17-12/h2-5,15H,6-7H2,1H3. The third-order valence-electron chi connectivity index (χ3n) is 2.34. The Morgan fingerprint density at radius 2 is 2.06 bits per heavy atom. The number of hydrogen-bond donors (Lipinski definition) is 1. The van der Waals surface area contributed by atoms with Crippen LogP contribution in [0.3, 0.4) is 0 Å². The van der Waals surface area contributed by atoms with Gasteiger partial charge in [0, 0.05) is 18.6 Å². The fourth-order valence-electron chi connectivity index (χ4n) is 1.45. The molecular weight excluding hydrogens is 302 g/mol. The molecule has 0 radical (unpaired) electrons. The summed E-state index contributed by atoms with van der Waals surface area (Å²) in [6.45, 7) is 0.115. The highest BCUT2D eigenvalue weighted by atomic mass is 79.9. The van der Waals surface area contributed by atoms with Crippen LogP contribution >= 0.6 is 27.3 Å². The molecule has 2 rings (SSSR count). The second-order valence-corrected chi connectivity index (χ2v) is 5.76. The summed E-state index contributed by atoms with van der Waals surface area (Å²) in [5.41, 5.74) is 1.96. The molecule has 0 saturated heterocycles. The van der Waals surface area contributed by atoms with Crippen LogP contribution in [0.1, 0.15) is 5.69 Å². The van der Waals surface area contributed by atoms with Crippen molar-refractivity contribution in [1.82, 2.24) is 4.98 Å². The van der Waals surface area contributed by atoms with Crippen LogP contribution in [0.15, 0.2) is 28.1 Å². The van der Waals surface area contributed by atoms with Crippen molar-refractivity contribution in [2.75, 3.05) is 13.7 Å². The molecule has 90 valence electrons. The number of ether oxygens (including phenoxy) is 1. The topological polar surface area (TPSA) is 42.4 Å². The second-order valence-electron chi connectivity index (χ2n) is 3.44. The first-order valence-electron chi connectivity index (χ1n) is 5.15. The number of hydrogen-bond acceptors (Lipinski definition) is 4. The number of aromatic nitrogens is 1. The molecule has 1 heterocycles. The maximum atomic E-state index is 8.92. The summed E-state index contributed by atoms with van der Waals surface area (Å²) >= 11 is 5.04.